The lowest BCUT2D eigenvalue weighted by Crippen LogP contribution is -2.56. The molecule has 0 aliphatic rings. The Morgan fingerprint density at radius 2 is 1.69 bits per heavy atom. The van der Waals surface area contributed by atoms with Crippen molar-refractivity contribution in [1.82, 2.24) is 5.32 Å². The molecule has 2 unspecified atom stereocenters. The van der Waals surface area contributed by atoms with E-state index in [9.17, 15) is 0 Å². The zero-order valence-electron chi connectivity index (χ0n) is 11.4. The van der Waals surface area contributed by atoms with Gasteiger partial charge in [-0.25, -0.2) is 0 Å². The maximum absolute atomic E-state index is 9.16. The largest absolute Gasteiger partial charge is 0.396 e. The molecular formula is C13H30N2O. The third kappa shape index (κ3) is 4.81. The molecule has 0 amide bonds. The second kappa shape index (κ2) is 8.04. The third-order valence-electron chi connectivity index (χ3n) is 3.52. The first-order valence-electron chi connectivity index (χ1n) is 6.63. The van der Waals surface area contributed by atoms with E-state index in [0.717, 1.165) is 25.7 Å². The van der Waals surface area contributed by atoms with Gasteiger partial charge in [-0.3, -0.25) is 0 Å². The highest BCUT2D eigenvalue weighted by atomic mass is 16.3. The van der Waals surface area contributed by atoms with Gasteiger partial charge in [-0.15, -0.1) is 0 Å². The van der Waals surface area contributed by atoms with Crippen LogP contribution < -0.4 is 11.1 Å². The summed E-state index contributed by atoms with van der Waals surface area (Å²) in [6, 6.07) is 0.312. The topological polar surface area (TPSA) is 58.3 Å². The summed E-state index contributed by atoms with van der Waals surface area (Å²) in [6.07, 6.45) is 4.51. The quantitative estimate of drug-likeness (QED) is 0.567. The van der Waals surface area contributed by atoms with E-state index in [-0.39, 0.29) is 18.1 Å². The molecule has 0 saturated carbocycles. The molecule has 0 radical (unpaired) electrons. The van der Waals surface area contributed by atoms with Crippen molar-refractivity contribution in [3.8, 4) is 0 Å². The predicted octanol–water partition coefficient (Wildman–Crippen LogP) is 1.89. The average molecular weight is 230 g/mol. The van der Waals surface area contributed by atoms with E-state index < -0.39 is 0 Å². The fraction of sp³-hybridized carbons (Fsp3) is 1.00. The molecule has 4 N–H and O–H groups in total. The monoisotopic (exact) mass is 230 g/mol. The minimum absolute atomic E-state index is 0.0619. The Kier molecular flexibility index (Phi) is 7.98. The minimum Gasteiger partial charge on any atom is -0.396 e. The SMILES string of the molecule is CCCC(CN)(CCC)NC(C)C(C)CO. The average Bonchev–Trinajstić information content (AvgIpc) is 2.28. The standard InChI is InChI=1S/C13H30N2O/c1-5-7-13(10-14,8-6-2)15-12(4)11(3)9-16/h11-12,15-16H,5-10,14H2,1-4H3. The molecule has 3 heteroatoms. The van der Waals surface area contributed by atoms with Crippen LogP contribution in [0.15, 0.2) is 0 Å². The van der Waals surface area contributed by atoms with E-state index in [1.54, 1.807) is 0 Å². The summed E-state index contributed by atoms with van der Waals surface area (Å²) >= 11 is 0. The molecule has 0 bridgehead atoms. The normalized spacial score (nSPS) is 16.1. The van der Waals surface area contributed by atoms with Crippen molar-refractivity contribution in [1.29, 1.82) is 0 Å². The van der Waals surface area contributed by atoms with Gasteiger partial charge in [-0.1, -0.05) is 33.6 Å². The first-order chi connectivity index (χ1) is 7.55. The van der Waals surface area contributed by atoms with Crippen LogP contribution >= 0.6 is 0 Å². The van der Waals surface area contributed by atoms with Gasteiger partial charge in [0.05, 0.1) is 0 Å². The van der Waals surface area contributed by atoms with Crippen LogP contribution in [0.4, 0.5) is 0 Å². The van der Waals surface area contributed by atoms with Crippen molar-refractivity contribution in [2.45, 2.75) is 65.0 Å². The zero-order chi connectivity index (χ0) is 12.6. The molecule has 98 valence electrons. The first-order valence-corrected chi connectivity index (χ1v) is 6.63. The van der Waals surface area contributed by atoms with Crippen LogP contribution in [0.3, 0.4) is 0 Å². The highest BCUT2D eigenvalue weighted by Gasteiger charge is 2.29. The lowest BCUT2D eigenvalue weighted by atomic mass is 9.86. The number of aliphatic hydroxyl groups is 1. The Morgan fingerprint density at radius 3 is 2.00 bits per heavy atom. The van der Waals surface area contributed by atoms with Gasteiger partial charge in [0.2, 0.25) is 0 Å². The van der Waals surface area contributed by atoms with Crippen LogP contribution in [0.2, 0.25) is 0 Å². The summed E-state index contributed by atoms with van der Waals surface area (Å²) in [7, 11) is 0. The van der Waals surface area contributed by atoms with Crippen LogP contribution in [0, 0.1) is 5.92 Å². The van der Waals surface area contributed by atoms with E-state index in [2.05, 4.69) is 33.0 Å². The van der Waals surface area contributed by atoms with Crippen molar-refractivity contribution < 1.29 is 5.11 Å². The smallest absolute Gasteiger partial charge is 0.0471 e. The Morgan fingerprint density at radius 1 is 1.19 bits per heavy atom. The molecule has 0 saturated heterocycles. The molecule has 0 aromatic carbocycles. The summed E-state index contributed by atoms with van der Waals surface area (Å²) in [5.41, 5.74) is 6.01. The van der Waals surface area contributed by atoms with Gasteiger partial charge in [-0.05, 0) is 25.7 Å². The summed E-state index contributed by atoms with van der Waals surface area (Å²) in [6.45, 7) is 9.50. The maximum atomic E-state index is 9.16. The number of nitrogens with two attached hydrogens (primary N) is 1. The number of nitrogens with one attached hydrogen (secondary N) is 1. The molecule has 0 rings (SSSR count). The fourth-order valence-corrected chi connectivity index (χ4v) is 2.27. The summed E-state index contributed by atoms with van der Waals surface area (Å²) < 4.78 is 0. The Labute approximate surface area is 101 Å². The third-order valence-corrected chi connectivity index (χ3v) is 3.52. The van der Waals surface area contributed by atoms with Crippen molar-refractivity contribution in [2.24, 2.45) is 11.7 Å². The van der Waals surface area contributed by atoms with Crippen molar-refractivity contribution in [3.63, 3.8) is 0 Å². The van der Waals surface area contributed by atoms with Gasteiger partial charge in [0.1, 0.15) is 0 Å². The van der Waals surface area contributed by atoms with Crippen LogP contribution in [-0.4, -0.2) is 29.8 Å². The summed E-state index contributed by atoms with van der Waals surface area (Å²) in [5.74, 6) is 0.277. The number of hydrogen-bond donors (Lipinski definition) is 3. The van der Waals surface area contributed by atoms with Crippen molar-refractivity contribution in [3.05, 3.63) is 0 Å². The Balaban J connectivity index is 4.49. The minimum atomic E-state index is 0.0619. The highest BCUT2D eigenvalue weighted by molar-refractivity contribution is 4.91. The van der Waals surface area contributed by atoms with Gasteiger partial charge < -0.3 is 16.2 Å². The summed E-state index contributed by atoms with van der Waals surface area (Å²) in [5, 5.41) is 12.8. The van der Waals surface area contributed by atoms with E-state index in [1.165, 1.54) is 0 Å². The molecular weight excluding hydrogens is 200 g/mol. The first kappa shape index (κ1) is 15.9. The van der Waals surface area contributed by atoms with E-state index in [4.69, 9.17) is 10.8 Å². The second-order valence-corrected chi connectivity index (χ2v) is 5.08. The number of hydrogen-bond acceptors (Lipinski definition) is 3. The van der Waals surface area contributed by atoms with Gasteiger partial charge in [0, 0.05) is 24.7 Å². The van der Waals surface area contributed by atoms with Crippen LogP contribution in [-0.2, 0) is 0 Å². The Hall–Kier alpha value is -0.120. The molecule has 0 fully saturated rings. The lowest BCUT2D eigenvalue weighted by Gasteiger charge is -2.38. The molecule has 0 aromatic rings. The summed E-state index contributed by atoms with van der Waals surface area (Å²) in [4.78, 5) is 0. The maximum Gasteiger partial charge on any atom is 0.0471 e. The molecule has 0 spiro atoms. The van der Waals surface area contributed by atoms with Gasteiger partial charge >= 0.3 is 0 Å². The van der Waals surface area contributed by atoms with Crippen molar-refractivity contribution in [2.75, 3.05) is 13.2 Å². The van der Waals surface area contributed by atoms with Crippen LogP contribution in [0.25, 0.3) is 0 Å². The van der Waals surface area contributed by atoms with Crippen LogP contribution in [0.5, 0.6) is 0 Å². The van der Waals surface area contributed by atoms with Gasteiger partial charge in [0.25, 0.3) is 0 Å². The predicted molar refractivity (Wildman–Crippen MR) is 70.4 cm³/mol. The van der Waals surface area contributed by atoms with Gasteiger partial charge in [0.15, 0.2) is 0 Å². The molecule has 0 aliphatic carbocycles. The molecule has 3 nitrogen and oxygen atoms in total. The highest BCUT2D eigenvalue weighted by Crippen LogP contribution is 2.20. The van der Waals surface area contributed by atoms with E-state index in [1.807, 2.05) is 0 Å². The fourth-order valence-electron chi connectivity index (χ4n) is 2.27. The van der Waals surface area contributed by atoms with E-state index >= 15 is 0 Å². The van der Waals surface area contributed by atoms with Crippen LogP contribution in [0.1, 0.15) is 53.4 Å². The number of rotatable bonds is 9. The van der Waals surface area contributed by atoms with E-state index in [0.29, 0.717) is 12.6 Å². The zero-order valence-corrected chi connectivity index (χ0v) is 11.4. The molecule has 0 aliphatic heterocycles. The molecule has 2 atom stereocenters. The van der Waals surface area contributed by atoms with Gasteiger partial charge in [-0.2, -0.15) is 0 Å². The number of aliphatic hydroxyl groups excluding tert-OH is 1. The Bertz CT molecular complexity index is 167. The second-order valence-electron chi connectivity index (χ2n) is 5.08. The molecule has 0 aromatic heterocycles. The molecule has 16 heavy (non-hydrogen) atoms. The molecule has 0 heterocycles. The lowest BCUT2D eigenvalue weighted by molar-refractivity contribution is 0.170. The van der Waals surface area contributed by atoms with Crippen molar-refractivity contribution >= 4 is 0 Å².